The zero-order chi connectivity index (χ0) is 10.4. The van der Waals surface area contributed by atoms with Gasteiger partial charge in [-0.05, 0) is 6.92 Å². The molecule has 0 fully saturated rings. The molecule has 0 saturated heterocycles. The zero-order valence-corrected chi connectivity index (χ0v) is 8.43. The van der Waals surface area contributed by atoms with Crippen molar-refractivity contribution in [2.24, 2.45) is 0 Å². The van der Waals surface area contributed by atoms with Gasteiger partial charge in [-0.1, -0.05) is 0 Å². The maximum absolute atomic E-state index is 11.0. The molecule has 1 N–H and O–H groups in total. The van der Waals surface area contributed by atoms with Crippen molar-refractivity contribution in [2.45, 2.75) is 19.5 Å². The molecule has 1 atom stereocenters. The van der Waals surface area contributed by atoms with Crippen molar-refractivity contribution >= 4 is 5.97 Å². The first kappa shape index (κ1) is 10.7. The molecule has 0 aromatic carbocycles. The topological polar surface area (TPSA) is 56.1 Å². The molecule has 0 radical (unpaired) electrons. The molecule has 1 aromatic heterocycles. The Bertz CT molecular complexity index is 272. The second-order valence-corrected chi connectivity index (χ2v) is 3.00. The largest absolute Gasteiger partial charge is 0.468 e. The third kappa shape index (κ3) is 3.18. The van der Waals surface area contributed by atoms with Gasteiger partial charge < -0.3 is 14.6 Å². The maximum atomic E-state index is 11.0. The van der Waals surface area contributed by atoms with E-state index in [0.29, 0.717) is 6.54 Å². The normalized spacial score (nSPS) is 12.4. The molecule has 5 nitrogen and oxygen atoms in total. The van der Waals surface area contributed by atoms with Gasteiger partial charge in [0.25, 0.3) is 0 Å². The summed E-state index contributed by atoms with van der Waals surface area (Å²) in [6, 6.07) is -0.261. The van der Waals surface area contributed by atoms with Crippen molar-refractivity contribution in [1.82, 2.24) is 14.9 Å². The molecule has 0 aliphatic carbocycles. The minimum Gasteiger partial charge on any atom is -0.468 e. The van der Waals surface area contributed by atoms with Gasteiger partial charge in [-0.3, -0.25) is 4.79 Å². The average molecular weight is 197 g/mol. The molecule has 0 aliphatic heterocycles. The molecular formula is C9H15N3O2. The molecule has 0 aliphatic rings. The van der Waals surface area contributed by atoms with E-state index in [9.17, 15) is 4.79 Å². The number of ether oxygens (including phenoxy) is 1. The Balaban J connectivity index is 2.18. The molecule has 0 bridgehead atoms. The molecule has 1 heterocycles. The monoisotopic (exact) mass is 197 g/mol. The lowest BCUT2D eigenvalue weighted by molar-refractivity contribution is -0.142. The summed E-state index contributed by atoms with van der Waals surface area (Å²) in [5, 5.41) is 3.05. The van der Waals surface area contributed by atoms with E-state index < -0.39 is 0 Å². The number of methoxy groups -OCH3 is 1. The maximum Gasteiger partial charge on any atom is 0.322 e. The van der Waals surface area contributed by atoms with Crippen LogP contribution in [-0.2, 0) is 16.1 Å². The fraction of sp³-hybridized carbons (Fsp3) is 0.556. The third-order valence-corrected chi connectivity index (χ3v) is 1.93. The predicted octanol–water partition coefficient (Wildman–Crippen LogP) is 0.0342. The Morgan fingerprint density at radius 2 is 2.50 bits per heavy atom. The number of carbonyl (C=O) groups is 1. The number of carbonyl (C=O) groups excluding carboxylic acids is 1. The van der Waals surface area contributed by atoms with Gasteiger partial charge in [0.15, 0.2) is 0 Å². The van der Waals surface area contributed by atoms with E-state index in [1.54, 1.807) is 19.4 Å². The van der Waals surface area contributed by atoms with Crippen LogP contribution < -0.4 is 5.32 Å². The van der Waals surface area contributed by atoms with Gasteiger partial charge in [0.2, 0.25) is 0 Å². The Hall–Kier alpha value is -1.36. The van der Waals surface area contributed by atoms with Gasteiger partial charge >= 0.3 is 5.97 Å². The highest BCUT2D eigenvalue weighted by atomic mass is 16.5. The Morgan fingerprint density at radius 1 is 1.71 bits per heavy atom. The fourth-order valence-electron chi connectivity index (χ4n) is 1.09. The summed E-state index contributed by atoms with van der Waals surface area (Å²) in [5.41, 5.74) is 0. The number of rotatable bonds is 5. The summed E-state index contributed by atoms with van der Waals surface area (Å²) in [4.78, 5) is 14.9. The summed E-state index contributed by atoms with van der Waals surface area (Å²) in [5.74, 6) is -0.240. The fourth-order valence-corrected chi connectivity index (χ4v) is 1.09. The lowest BCUT2D eigenvalue weighted by Crippen LogP contribution is -2.36. The van der Waals surface area contributed by atoms with Crippen molar-refractivity contribution in [3.8, 4) is 0 Å². The van der Waals surface area contributed by atoms with Crippen LogP contribution in [0.1, 0.15) is 6.92 Å². The predicted molar refractivity (Wildman–Crippen MR) is 51.7 cm³/mol. The highest BCUT2D eigenvalue weighted by Gasteiger charge is 2.10. The van der Waals surface area contributed by atoms with Crippen LogP contribution in [0.15, 0.2) is 18.7 Å². The number of esters is 1. The summed E-state index contributed by atoms with van der Waals surface area (Å²) < 4.78 is 6.52. The number of nitrogens with one attached hydrogen (secondary N) is 1. The molecule has 0 amide bonds. The number of hydrogen-bond donors (Lipinski definition) is 1. The second kappa shape index (κ2) is 5.39. The smallest absolute Gasteiger partial charge is 0.322 e. The summed E-state index contributed by atoms with van der Waals surface area (Å²) in [6.07, 6.45) is 5.35. The Kier molecular flexibility index (Phi) is 4.12. The minimum absolute atomic E-state index is 0.240. The summed E-state index contributed by atoms with van der Waals surface area (Å²) in [7, 11) is 1.39. The zero-order valence-electron chi connectivity index (χ0n) is 8.43. The van der Waals surface area contributed by atoms with Crippen LogP contribution in [-0.4, -0.2) is 35.2 Å². The second-order valence-electron chi connectivity index (χ2n) is 3.00. The first-order chi connectivity index (χ1) is 6.74. The Morgan fingerprint density at radius 3 is 3.07 bits per heavy atom. The van der Waals surface area contributed by atoms with E-state index >= 15 is 0 Å². The van der Waals surface area contributed by atoms with Crippen LogP contribution >= 0.6 is 0 Å². The third-order valence-electron chi connectivity index (χ3n) is 1.93. The van der Waals surface area contributed by atoms with Gasteiger partial charge in [0.05, 0.1) is 13.4 Å². The standard InChI is InChI=1S/C9H15N3O2/c1-8(9(13)14-2)11-4-6-12-5-3-10-7-12/h3,5,7-8,11H,4,6H2,1-2H3. The number of hydrogen-bond acceptors (Lipinski definition) is 4. The average Bonchev–Trinajstić information content (AvgIpc) is 2.69. The van der Waals surface area contributed by atoms with E-state index in [-0.39, 0.29) is 12.0 Å². The first-order valence-electron chi connectivity index (χ1n) is 4.51. The van der Waals surface area contributed by atoms with Gasteiger partial charge in [-0.2, -0.15) is 0 Å². The lowest BCUT2D eigenvalue weighted by Gasteiger charge is -2.11. The number of imidazole rings is 1. The van der Waals surface area contributed by atoms with Gasteiger partial charge in [-0.15, -0.1) is 0 Å². The molecule has 1 aromatic rings. The van der Waals surface area contributed by atoms with Crippen LogP contribution in [0.4, 0.5) is 0 Å². The number of aromatic nitrogens is 2. The summed E-state index contributed by atoms with van der Waals surface area (Å²) >= 11 is 0. The molecule has 0 spiro atoms. The van der Waals surface area contributed by atoms with Crippen LogP contribution in [0.3, 0.4) is 0 Å². The Labute approximate surface area is 83.1 Å². The SMILES string of the molecule is COC(=O)C(C)NCCn1ccnc1. The van der Waals surface area contributed by atoms with Crippen molar-refractivity contribution in [3.63, 3.8) is 0 Å². The van der Waals surface area contributed by atoms with Crippen molar-refractivity contribution in [1.29, 1.82) is 0 Å². The number of nitrogens with zero attached hydrogens (tertiary/aromatic N) is 2. The van der Waals surface area contributed by atoms with Crippen molar-refractivity contribution < 1.29 is 9.53 Å². The molecular weight excluding hydrogens is 182 g/mol. The van der Waals surface area contributed by atoms with Crippen molar-refractivity contribution in [2.75, 3.05) is 13.7 Å². The molecule has 14 heavy (non-hydrogen) atoms. The minimum atomic E-state index is -0.261. The highest BCUT2D eigenvalue weighted by Crippen LogP contribution is 1.87. The molecule has 0 saturated carbocycles. The van der Waals surface area contributed by atoms with Gasteiger partial charge in [0, 0.05) is 25.5 Å². The van der Waals surface area contributed by atoms with E-state index in [1.807, 2.05) is 10.8 Å². The first-order valence-corrected chi connectivity index (χ1v) is 4.51. The van der Waals surface area contributed by atoms with E-state index in [1.165, 1.54) is 7.11 Å². The molecule has 5 heteroatoms. The molecule has 1 unspecified atom stereocenters. The van der Waals surface area contributed by atoms with Gasteiger partial charge in [0.1, 0.15) is 6.04 Å². The van der Waals surface area contributed by atoms with Crippen LogP contribution in [0, 0.1) is 0 Å². The van der Waals surface area contributed by atoms with E-state index in [4.69, 9.17) is 0 Å². The van der Waals surface area contributed by atoms with Crippen LogP contribution in [0.5, 0.6) is 0 Å². The van der Waals surface area contributed by atoms with Crippen LogP contribution in [0.2, 0.25) is 0 Å². The van der Waals surface area contributed by atoms with E-state index in [2.05, 4.69) is 15.0 Å². The molecule has 1 rings (SSSR count). The quantitative estimate of drug-likeness (QED) is 0.677. The van der Waals surface area contributed by atoms with Crippen molar-refractivity contribution in [3.05, 3.63) is 18.7 Å². The van der Waals surface area contributed by atoms with Gasteiger partial charge in [-0.25, -0.2) is 4.98 Å². The van der Waals surface area contributed by atoms with E-state index in [0.717, 1.165) is 6.54 Å². The lowest BCUT2D eigenvalue weighted by atomic mass is 10.3. The highest BCUT2D eigenvalue weighted by molar-refractivity contribution is 5.74. The molecule has 78 valence electrons. The van der Waals surface area contributed by atoms with Crippen LogP contribution in [0.25, 0.3) is 0 Å². The summed E-state index contributed by atoms with van der Waals surface area (Å²) in [6.45, 7) is 3.29.